The first kappa shape index (κ1) is 11.2. The van der Waals surface area contributed by atoms with E-state index in [2.05, 4.69) is 23.2 Å². The third-order valence-electron chi connectivity index (χ3n) is 3.69. The predicted molar refractivity (Wildman–Crippen MR) is 73.1 cm³/mol. The van der Waals surface area contributed by atoms with Crippen LogP contribution < -0.4 is 5.73 Å². The second-order valence-electron chi connectivity index (χ2n) is 5.01. The number of rotatable bonds is 3. The van der Waals surface area contributed by atoms with Crippen LogP contribution in [0.25, 0.3) is 10.2 Å². The first-order valence-corrected chi connectivity index (χ1v) is 7.25. The minimum atomic E-state index is 0.135. The Balaban J connectivity index is 1.77. The normalized spacial score (nSPS) is 18.9. The largest absolute Gasteiger partial charge is 0.322 e. The van der Waals surface area contributed by atoms with Gasteiger partial charge in [-0.25, -0.2) is 4.98 Å². The van der Waals surface area contributed by atoms with Crippen LogP contribution in [0.1, 0.15) is 43.2 Å². The number of aromatic nitrogens is 1. The molecule has 90 valence electrons. The zero-order valence-corrected chi connectivity index (χ0v) is 10.7. The molecule has 0 saturated heterocycles. The van der Waals surface area contributed by atoms with Crippen molar-refractivity contribution in [1.82, 2.24) is 4.98 Å². The minimum absolute atomic E-state index is 0.135. The van der Waals surface area contributed by atoms with Crippen molar-refractivity contribution in [3.05, 3.63) is 29.3 Å². The van der Waals surface area contributed by atoms with Gasteiger partial charge in [-0.3, -0.25) is 0 Å². The van der Waals surface area contributed by atoms with Crippen LogP contribution in [0.3, 0.4) is 0 Å². The van der Waals surface area contributed by atoms with E-state index < -0.39 is 0 Å². The lowest BCUT2D eigenvalue weighted by atomic mass is 9.99. The van der Waals surface area contributed by atoms with Crippen LogP contribution in [0, 0.1) is 5.92 Å². The Morgan fingerprint density at radius 3 is 2.82 bits per heavy atom. The smallest absolute Gasteiger partial charge is 0.111 e. The van der Waals surface area contributed by atoms with Crippen molar-refractivity contribution in [2.75, 3.05) is 0 Å². The highest BCUT2D eigenvalue weighted by Gasteiger charge is 2.20. The van der Waals surface area contributed by atoms with Crippen LogP contribution in [-0.4, -0.2) is 4.98 Å². The molecule has 3 heteroatoms. The first-order valence-electron chi connectivity index (χ1n) is 6.44. The van der Waals surface area contributed by atoms with E-state index in [4.69, 9.17) is 5.73 Å². The summed E-state index contributed by atoms with van der Waals surface area (Å²) in [6.45, 7) is 0. The number of nitrogens with zero attached hydrogens (tertiary/aromatic N) is 1. The molecule has 0 aliphatic heterocycles. The standard InChI is InChI=1S/C14H18N2S/c15-11(9-10-5-1-2-6-10)14-16-12-7-3-4-8-13(12)17-14/h3-4,7-8,10-11H,1-2,5-6,9,15H2. The van der Waals surface area contributed by atoms with Crippen molar-refractivity contribution >= 4 is 21.6 Å². The molecule has 1 aliphatic carbocycles. The summed E-state index contributed by atoms with van der Waals surface area (Å²) in [5, 5.41) is 1.11. The topological polar surface area (TPSA) is 38.9 Å². The fourth-order valence-corrected chi connectivity index (χ4v) is 3.74. The van der Waals surface area contributed by atoms with Crippen LogP contribution in [0.4, 0.5) is 0 Å². The molecule has 1 fully saturated rings. The highest BCUT2D eigenvalue weighted by molar-refractivity contribution is 7.18. The van der Waals surface area contributed by atoms with Gasteiger partial charge in [0.25, 0.3) is 0 Å². The van der Waals surface area contributed by atoms with Gasteiger partial charge < -0.3 is 5.73 Å². The van der Waals surface area contributed by atoms with E-state index in [-0.39, 0.29) is 6.04 Å². The maximum atomic E-state index is 6.29. The number of nitrogens with two attached hydrogens (primary N) is 1. The first-order chi connectivity index (χ1) is 8.33. The van der Waals surface area contributed by atoms with Crippen LogP contribution in [-0.2, 0) is 0 Å². The van der Waals surface area contributed by atoms with Crippen molar-refractivity contribution < 1.29 is 0 Å². The number of hydrogen-bond donors (Lipinski definition) is 1. The van der Waals surface area contributed by atoms with Crippen molar-refractivity contribution in [2.24, 2.45) is 11.7 Å². The molecular formula is C14H18N2S. The SMILES string of the molecule is NC(CC1CCCC1)c1nc2ccccc2s1. The van der Waals surface area contributed by atoms with Gasteiger partial charge in [-0.1, -0.05) is 37.8 Å². The Hall–Kier alpha value is -0.930. The summed E-state index contributed by atoms with van der Waals surface area (Å²) in [5.41, 5.74) is 7.38. The molecule has 1 unspecified atom stereocenters. The van der Waals surface area contributed by atoms with Gasteiger partial charge >= 0.3 is 0 Å². The van der Waals surface area contributed by atoms with Gasteiger partial charge in [-0.2, -0.15) is 0 Å². The lowest BCUT2D eigenvalue weighted by molar-refractivity contribution is 0.450. The van der Waals surface area contributed by atoms with Crippen LogP contribution in [0.2, 0.25) is 0 Å². The summed E-state index contributed by atoms with van der Waals surface area (Å²) < 4.78 is 1.25. The molecule has 3 rings (SSSR count). The number of fused-ring (bicyclic) bond motifs is 1. The van der Waals surface area contributed by atoms with E-state index in [0.29, 0.717) is 0 Å². The Morgan fingerprint density at radius 1 is 1.29 bits per heavy atom. The van der Waals surface area contributed by atoms with Crippen LogP contribution in [0.15, 0.2) is 24.3 Å². The summed E-state index contributed by atoms with van der Waals surface area (Å²) in [7, 11) is 0. The van der Waals surface area contributed by atoms with Crippen LogP contribution in [0.5, 0.6) is 0 Å². The predicted octanol–water partition coefficient (Wildman–Crippen LogP) is 3.88. The number of thiazole rings is 1. The van der Waals surface area contributed by atoms with Gasteiger partial charge in [-0.05, 0) is 24.5 Å². The maximum Gasteiger partial charge on any atom is 0.111 e. The molecule has 17 heavy (non-hydrogen) atoms. The van der Waals surface area contributed by atoms with Gasteiger partial charge in [0.1, 0.15) is 5.01 Å². The zero-order valence-electron chi connectivity index (χ0n) is 9.93. The molecule has 2 N–H and O–H groups in total. The molecule has 0 spiro atoms. The Morgan fingerprint density at radius 2 is 2.06 bits per heavy atom. The van der Waals surface area contributed by atoms with Gasteiger partial charge in [0, 0.05) is 0 Å². The monoisotopic (exact) mass is 246 g/mol. The molecular weight excluding hydrogens is 228 g/mol. The lowest BCUT2D eigenvalue weighted by Gasteiger charge is -2.13. The third-order valence-corrected chi connectivity index (χ3v) is 4.86. The number of hydrogen-bond acceptors (Lipinski definition) is 3. The van der Waals surface area contributed by atoms with Gasteiger partial charge in [0.15, 0.2) is 0 Å². The second kappa shape index (κ2) is 4.75. The highest BCUT2D eigenvalue weighted by Crippen LogP contribution is 2.34. The Kier molecular flexibility index (Phi) is 3.12. The second-order valence-corrected chi connectivity index (χ2v) is 6.07. The van der Waals surface area contributed by atoms with E-state index in [1.54, 1.807) is 11.3 Å². The Labute approximate surface area is 106 Å². The molecule has 2 nitrogen and oxygen atoms in total. The van der Waals surface area contributed by atoms with E-state index in [9.17, 15) is 0 Å². The van der Waals surface area contributed by atoms with Gasteiger partial charge in [0.05, 0.1) is 16.3 Å². The van der Waals surface area contributed by atoms with E-state index in [1.165, 1.54) is 30.4 Å². The zero-order chi connectivity index (χ0) is 11.7. The molecule has 1 saturated carbocycles. The molecule has 1 aromatic heterocycles. The molecule has 0 bridgehead atoms. The summed E-state index contributed by atoms with van der Waals surface area (Å²) in [6, 6.07) is 8.42. The summed E-state index contributed by atoms with van der Waals surface area (Å²) in [5.74, 6) is 0.831. The minimum Gasteiger partial charge on any atom is -0.322 e. The summed E-state index contributed by atoms with van der Waals surface area (Å²) >= 11 is 1.75. The van der Waals surface area contributed by atoms with Crippen molar-refractivity contribution in [3.8, 4) is 0 Å². The maximum absolute atomic E-state index is 6.29. The number of benzene rings is 1. The Bertz CT molecular complexity index is 467. The number of para-hydroxylation sites is 1. The van der Waals surface area contributed by atoms with Crippen molar-refractivity contribution in [3.63, 3.8) is 0 Å². The molecule has 1 heterocycles. The van der Waals surface area contributed by atoms with Gasteiger partial charge in [0.2, 0.25) is 0 Å². The summed E-state index contributed by atoms with van der Waals surface area (Å²) in [4.78, 5) is 4.65. The fraction of sp³-hybridized carbons (Fsp3) is 0.500. The highest BCUT2D eigenvalue weighted by atomic mass is 32.1. The molecule has 2 aromatic rings. The quantitative estimate of drug-likeness (QED) is 0.892. The van der Waals surface area contributed by atoms with E-state index >= 15 is 0 Å². The average molecular weight is 246 g/mol. The van der Waals surface area contributed by atoms with E-state index in [0.717, 1.165) is 22.9 Å². The molecule has 1 atom stereocenters. The summed E-state index contributed by atoms with van der Waals surface area (Å²) in [6.07, 6.45) is 6.60. The molecule has 0 amide bonds. The molecule has 0 radical (unpaired) electrons. The van der Waals surface area contributed by atoms with Gasteiger partial charge in [-0.15, -0.1) is 11.3 Å². The van der Waals surface area contributed by atoms with Crippen molar-refractivity contribution in [2.45, 2.75) is 38.1 Å². The fourth-order valence-electron chi connectivity index (χ4n) is 2.75. The van der Waals surface area contributed by atoms with Crippen LogP contribution >= 0.6 is 11.3 Å². The third kappa shape index (κ3) is 2.35. The lowest BCUT2D eigenvalue weighted by Crippen LogP contribution is -2.13. The average Bonchev–Trinajstić information content (AvgIpc) is 2.96. The van der Waals surface area contributed by atoms with E-state index in [1.807, 2.05) is 6.07 Å². The van der Waals surface area contributed by atoms with Crippen molar-refractivity contribution in [1.29, 1.82) is 0 Å². The molecule has 1 aromatic carbocycles. The molecule has 1 aliphatic rings.